The first-order valence-corrected chi connectivity index (χ1v) is 9.12. The van der Waals surface area contributed by atoms with Gasteiger partial charge in [-0.3, -0.25) is 4.79 Å². The predicted octanol–water partition coefficient (Wildman–Crippen LogP) is 2.99. The summed E-state index contributed by atoms with van der Waals surface area (Å²) in [7, 11) is 0. The fraction of sp³-hybridized carbons (Fsp3) is 0.250. The minimum absolute atomic E-state index is 0. The van der Waals surface area contributed by atoms with E-state index >= 15 is 0 Å². The zero-order valence-electron chi connectivity index (χ0n) is 16.8. The molecule has 0 aliphatic heterocycles. The van der Waals surface area contributed by atoms with Crippen LogP contribution in [0.1, 0.15) is 29.9 Å². The molecule has 0 aromatic heterocycles. The van der Waals surface area contributed by atoms with Crippen LogP contribution in [0.5, 0.6) is 0 Å². The SMILES string of the molecule is O=[N+]([O-])O.[NH-]C(=O)C(CCC(=O)O)NC(=O)OCC1c2ccccc2-c2ccccc21.[Y]. The third-order valence-electron chi connectivity index (χ3n) is 4.60. The second kappa shape index (κ2) is 12.7. The smallest absolute Gasteiger partial charge is 0.407 e. The van der Waals surface area contributed by atoms with Crippen LogP contribution in [0.15, 0.2) is 48.5 Å². The Morgan fingerprint density at radius 1 is 1.09 bits per heavy atom. The molecular formula is C20H20N3O8Y-. The Bertz CT molecular complexity index is 935. The summed E-state index contributed by atoms with van der Waals surface area (Å²) in [6.45, 7) is 0.0811. The van der Waals surface area contributed by atoms with Gasteiger partial charge in [-0.25, -0.2) is 4.79 Å². The third kappa shape index (κ3) is 7.58. The Labute approximate surface area is 207 Å². The number of hydrogen-bond acceptors (Lipinski definition) is 6. The molecule has 2 aromatic carbocycles. The second-order valence-electron chi connectivity index (χ2n) is 6.56. The summed E-state index contributed by atoms with van der Waals surface area (Å²) in [6.07, 6.45) is -1.31. The summed E-state index contributed by atoms with van der Waals surface area (Å²) in [4.78, 5) is 42.3. The number of nitrogens with one attached hydrogen (secondary N) is 2. The van der Waals surface area contributed by atoms with Crippen LogP contribution < -0.4 is 5.32 Å². The van der Waals surface area contributed by atoms with E-state index in [1.54, 1.807) is 0 Å². The number of fused-ring (bicyclic) bond motifs is 3. The number of carbonyl (C=O) groups excluding carboxylic acids is 2. The topological polar surface area (TPSA) is 180 Å². The van der Waals surface area contributed by atoms with Crippen LogP contribution in [0, 0.1) is 10.1 Å². The first kappa shape index (κ1) is 27.0. The van der Waals surface area contributed by atoms with Crippen molar-refractivity contribution in [1.29, 1.82) is 0 Å². The number of nitrogens with zero attached hydrogens (tertiary/aromatic N) is 1. The molecule has 0 bridgehead atoms. The van der Waals surface area contributed by atoms with Gasteiger partial charge in [0.1, 0.15) is 6.61 Å². The van der Waals surface area contributed by atoms with Gasteiger partial charge in [-0.1, -0.05) is 48.5 Å². The van der Waals surface area contributed by atoms with Crippen LogP contribution in [0.2, 0.25) is 0 Å². The molecule has 1 aliphatic carbocycles. The predicted molar refractivity (Wildman–Crippen MR) is 107 cm³/mol. The Kier molecular flexibility index (Phi) is 10.7. The number of carboxylic acids is 1. The largest absolute Gasteiger partial charge is 0.666 e. The quantitative estimate of drug-likeness (QED) is 0.369. The van der Waals surface area contributed by atoms with E-state index in [4.69, 9.17) is 30.9 Å². The van der Waals surface area contributed by atoms with Crippen LogP contribution in [0.4, 0.5) is 4.79 Å². The van der Waals surface area contributed by atoms with Gasteiger partial charge in [-0.05, 0) is 28.7 Å². The minimum atomic E-state index is -1.50. The first-order chi connectivity index (χ1) is 14.7. The maximum Gasteiger partial charge on any atom is 0.407 e. The number of carbonyl (C=O) groups is 3. The molecule has 12 heteroatoms. The zero-order chi connectivity index (χ0) is 23.0. The maximum atomic E-state index is 12.1. The Balaban J connectivity index is 0.000000945. The number of rotatable bonds is 7. The molecule has 11 nitrogen and oxygen atoms in total. The monoisotopic (exact) mass is 519 g/mol. The molecule has 2 aromatic rings. The molecule has 0 saturated carbocycles. The van der Waals surface area contributed by atoms with E-state index in [0.717, 1.165) is 22.3 Å². The average molecular weight is 519 g/mol. The fourth-order valence-electron chi connectivity index (χ4n) is 3.32. The summed E-state index contributed by atoms with van der Waals surface area (Å²) in [5.74, 6) is -2.27. The van der Waals surface area contributed by atoms with Crippen molar-refractivity contribution in [1.82, 2.24) is 5.32 Å². The van der Waals surface area contributed by atoms with E-state index in [9.17, 15) is 14.4 Å². The van der Waals surface area contributed by atoms with Gasteiger partial charge in [0.05, 0.1) is 11.9 Å². The van der Waals surface area contributed by atoms with Crippen LogP contribution in [-0.4, -0.2) is 46.0 Å². The summed E-state index contributed by atoms with van der Waals surface area (Å²) in [5.41, 5.74) is 11.5. The third-order valence-corrected chi connectivity index (χ3v) is 4.60. The van der Waals surface area contributed by atoms with Gasteiger partial charge in [-0.2, -0.15) is 0 Å². The molecular weight excluding hydrogens is 499 g/mol. The van der Waals surface area contributed by atoms with Gasteiger partial charge < -0.3 is 30.9 Å². The van der Waals surface area contributed by atoms with E-state index in [1.807, 2.05) is 48.5 Å². The molecule has 1 unspecified atom stereocenters. The molecule has 1 atom stereocenters. The number of alkyl carbamates (subject to hydrolysis) is 1. The molecule has 1 radical (unpaired) electrons. The first-order valence-electron chi connectivity index (χ1n) is 9.12. The van der Waals surface area contributed by atoms with E-state index < -0.39 is 29.1 Å². The van der Waals surface area contributed by atoms with Gasteiger partial charge in [0.2, 0.25) is 0 Å². The van der Waals surface area contributed by atoms with Crippen molar-refractivity contribution in [3.63, 3.8) is 0 Å². The van der Waals surface area contributed by atoms with Crippen molar-refractivity contribution >= 4 is 18.0 Å². The Morgan fingerprint density at radius 3 is 2.00 bits per heavy atom. The molecule has 0 fully saturated rings. The average Bonchev–Trinajstić information content (AvgIpc) is 3.02. The molecule has 32 heavy (non-hydrogen) atoms. The fourth-order valence-corrected chi connectivity index (χ4v) is 3.32. The van der Waals surface area contributed by atoms with Crippen LogP contribution in [0.25, 0.3) is 16.9 Å². The van der Waals surface area contributed by atoms with Crippen LogP contribution in [-0.2, 0) is 47.0 Å². The van der Waals surface area contributed by atoms with Crippen molar-refractivity contribution < 1.29 is 67.2 Å². The molecule has 167 valence electrons. The number of carboxylic acid groups (broad SMARTS) is 1. The van der Waals surface area contributed by atoms with Crippen molar-refractivity contribution in [3.8, 4) is 11.1 Å². The molecule has 1 aliphatic rings. The van der Waals surface area contributed by atoms with E-state index in [1.165, 1.54) is 0 Å². The number of aliphatic carboxylic acids is 1. The van der Waals surface area contributed by atoms with Gasteiger partial charge >= 0.3 is 12.1 Å². The summed E-state index contributed by atoms with van der Waals surface area (Å²) in [6, 6.07) is 14.6. The molecule has 3 rings (SSSR count). The summed E-state index contributed by atoms with van der Waals surface area (Å²) in [5, 5.41) is 24.6. The number of ether oxygens (including phenoxy) is 1. The van der Waals surface area contributed by atoms with E-state index in [0.29, 0.717) is 0 Å². The van der Waals surface area contributed by atoms with Crippen molar-refractivity contribution in [2.75, 3.05) is 6.61 Å². The van der Waals surface area contributed by atoms with Crippen molar-refractivity contribution in [3.05, 3.63) is 75.5 Å². The summed E-state index contributed by atoms with van der Waals surface area (Å²) < 4.78 is 5.29. The van der Waals surface area contributed by atoms with Gasteiger partial charge in [0, 0.05) is 45.0 Å². The Morgan fingerprint density at radius 2 is 1.56 bits per heavy atom. The molecule has 0 spiro atoms. The zero-order valence-corrected chi connectivity index (χ0v) is 19.6. The van der Waals surface area contributed by atoms with Gasteiger partial charge in [0.15, 0.2) is 0 Å². The molecule has 4 N–H and O–H groups in total. The van der Waals surface area contributed by atoms with Crippen molar-refractivity contribution in [2.45, 2.75) is 24.8 Å². The molecule has 0 heterocycles. The number of amides is 2. The number of benzene rings is 2. The van der Waals surface area contributed by atoms with Gasteiger partial charge in [-0.15, -0.1) is 10.1 Å². The van der Waals surface area contributed by atoms with Crippen molar-refractivity contribution in [2.24, 2.45) is 0 Å². The van der Waals surface area contributed by atoms with E-state index in [2.05, 4.69) is 5.32 Å². The second-order valence-corrected chi connectivity index (χ2v) is 6.56. The standard InChI is InChI=1S/C20H20N2O5.HNO3.Y/c21-19(25)17(9-10-18(23)24)22-20(26)27-11-16-14-7-3-1-5-12(14)13-6-2-4-8-15(13)16;2-1(3)4;/h1-8,16-17H,9-11H2,(H4,21,22,23,24,25,26);(H,2,3,4);/p-1. The van der Waals surface area contributed by atoms with Gasteiger partial charge in [0.25, 0.3) is 5.09 Å². The number of hydrogen-bond donors (Lipinski definition) is 3. The molecule has 0 saturated heterocycles. The Hall–Kier alpha value is -3.05. The van der Waals surface area contributed by atoms with E-state index in [-0.39, 0.29) is 58.1 Å². The normalized spacial score (nSPS) is 12.0. The van der Waals surface area contributed by atoms with Crippen LogP contribution in [0.3, 0.4) is 0 Å². The minimum Gasteiger partial charge on any atom is -0.666 e. The summed E-state index contributed by atoms with van der Waals surface area (Å²) >= 11 is 0. The maximum absolute atomic E-state index is 12.1. The molecule has 2 amide bonds. The van der Waals surface area contributed by atoms with Crippen LogP contribution >= 0.6 is 0 Å².